The lowest BCUT2D eigenvalue weighted by molar-refractivity contribution is -0.137. The van der Waals surface area contributed by atoms with E-state index in [0.717, 1.165) is 29.5 Å². The van der Waals surface area contributed by atoms with E-state index in [9.17, 15) is 22.8 Å². The van der Waals surface area contributed by atoms with E-state index in [-0.39, 0.29) is 16.4 Å². The van der Waals surface area contributed by atoms with Crippen LogP contribution in [0.1, 0.15) is 18.1 Å². The first-order chi connectivity index (χ1) is 12.7. The first-order valence-electron chi connectivity index (χ1n) is 8.00. The molecule has 0 saturated carbocycles. The number of amides is 1. The summed E-state index contributed by atoms with van der Waals surface area (Å²) in [5.41, 5.74) is -0.0431. The quantitative estimate of drug-likeness (QED) is 0.663. The molecular weight excluding hydrogens is 399 g/mol. The van der Waals surface area contributed by atoms with E-state index in [1.165, 1.54) is 13.0 Å². The molecule has 1 N–H and O–H groups in total. The number of hydrogen-bond acceptors (Lipinski definition) is 3. The summed E-state index contributed by atoms with van der Waals surface area (Å²) in [5.74, 6) is -0.736. The zero-order valence-corrected chi connectivity index (χ0v) is 15.9. The fourth-order valence-corrected chi connectivity index (χ4v) is 3.31. The van der Waals surface area contributed by atoms with Crippen molar-refractivity contribution in [2.45, 2.75) is 30.5 Å². The Morgan fingerprint density at radius 2 is 1.81 bits per heavy atom. The van der Waals surface area contributed by atoms with Gasteiger partial charge in [0.2, 0.25) is 5.91 Å². The summed E-state index contributed by atoms with van der Waals surface area (Å²) in [4.78, 5) is 24.2. The van der Waals surface area contributed by atoms with Crippen molar-refractivity contribution in [1.82, 2.24) is 5.32 Å². The maximum absolute atomic E-state index is 12.9. The number of nitrogens with one attached hydrogen (secondary N) is 1. The Bertz CT molecular complexity index is 812. The van der Waals surface area contributed by atoms with Gasteiger partial charge < -0.3 is 5.32 Å². The van der Waals surface area contributed by atoms with Crippen LogP contribution in [0.3, 0.4) is 0 Å². The van der Waals surface area contributed by atoms with Gasteiger partial charge in [0.05, 0.1) is 22.4 Å². The Labute approximate surface area is 164 Å². The summed E-state index contributed by atoms with van der Waals surface area (Å²) < 4.78 is 38.7. The molecule has 3 nitrogen and oxygen atoms in total. The van der Waals surface area contributed by atoms with Crippen LogP contribution in [0.2, 0.25) is 5.02 Å². The van der Waals surface area contributed by atoms with E-state index < -0.39 is 28.7 Å². The molecular formula is C19H17ClF3NO2S. The molecule has 0 aromatic heterocycles. The van der Waals surface area contributed by atoms with Gasteiger partial charge in [-0.2, -0.15) is 13.2 Å². The van der Waals surface area contributed by atoms with Gasteiger partial charge in [-0.1, -0.05) is 41.9 Å². The number of hydrogen-bond donors (Lipinski definition) is 1. The standard InChI is InChI=1S/C19H17ClF3NO2S/c1-12(25)17(9-13-5-3-2-4-6-13)24-18(26)11-27-14-7-8-16(20)15(10-14)19(21,22)23/h2-8,10,17H,9,11H2,1H3,(H,24,26)/t17-/m0/s1. The van der Waals surface area contributed by atoms with Crippen LogP contribution in [0.5, 0.6) is 0 Å². The van der Waals surface area contributed by atoms with E-state index in [1.54, 1.807) is 0 Å². The van der Waals surface area contributed by atoms with Crippen LogP contribution < -0.4 is 5.32 Å². The molecule has 2 aromatic carbocycles. The van der Waals surface area contributed by atoms with Gasteiger partial charge in [-0.25, -0.2) is 0 Å². The maximum Gasteiger partial charge on any atom is 0.417 e. The molecule has 0 radical (unpaired) electrons. The molecule has 0 unspecified atom stereocenters. The number of carbonyl (C=O) groups is 2. The second kappa shape index (κ2) is 9.28. The second-order valence-corrected chi connectivity index (χ2v) is 7.30. The Balaban J connectivity index is 1.97. The number of thioether (sulfide) groups is 1. The summed E-state index contributed by atoms with van der Waals surface area (Å²) in [7, 11) is 0. The minimum Gasteiger partial charge on any atom is -0.345 e. The lowest BCUT2D eigenvalue weighted by Gasteiger charge is -2.16. The first kappa shape index (κ1) is 21.3. The molecule has 0 aliphatic carbocycles. The average Bonchev–Trinajstić information content (AvgIpc) is 2.60. The van der Waals surface area contributed by atoms with Gasteiger partial charge in [-0.15, -0.1) is 11.8 Å². The third-order valence-electron chi connectivity index (χ3n) is 3.72. The second-order valence-electron chi connectivity index (χ2n) is 5.85. The number of Topliss-reactive ketones (excluding diaryl/α,β-unsaturated/α-hetero) is 1. The molecule has 0 aliphatic rings. The molecule has 0 heterocycles. The van der Waals surface area contributed by atoms with Crippen LogP contribution in [0.15, 0.2) is 53.4 Å². The van der Waals surface area contributed by atoms with Crippen molar-refractivity contribution in [1.29, 1.82) is 0 Å². The topological polar surface area (TPSA) is 46.2 Å². The lowest BCUT2D eigenvalue weighted by Crippen LogP contribution is -2.42. The zero-order valence-electron chi connectivity index (χ0n) is 14.3. The highest BCUT2D eigenvalue weighted by atomic mass is 35.5. The van der Waals surface area contributed by atoms with E-state index in [0.29, 0.717) is 6.42 Å². The molecule has 2 aromatic rings. The molecule has 0 bridgehead atoms. The van der Waals surface area contributed by atoms with E-state index in [4.69, 9.17) is 11.6 Å². The zero-order chi connectivity index (χ0) is 20.0. The Morgan fingerprint density at radius 3 is 2.41 bits per heavy atom. The molecule has 0 saturated heterocycles. The molecule has 8 heteroatoms. The largest absolute Gasteiger partial charge is 0.417 e. The molecule has 0 spiro atoms. The van der Waals surface area contributed by atoms with Gasteiger partial charge in [-0.3, -0.25) is 9.59 Å². The number of benzene rings is 2. The molecule has 27 heavy (non-hydrogen) atoms. The fourth-order valence-electron chi connectivity index (χ4n) is 2.34. The monoisotopic (exact) mass is 415 g/mol. The van der Waals surface area contributed by atoms with Crippen molar-refractivity contribution in [2.75, 3.05) is 5.75 Å². The smallest absolute Gasteiger partial charge is 0.345 e. The van der Waals surface area contributed by atoms with Crippen LogP contribution >= 0.6 is 23.4 Å². The fraction of sp³-hybridized carbons (Fsp3) is 0.263. The van der Waals surface area contributed by atoms with Crippen molar-refractivity contribution in [3.8, 4) is 0 Å². The maximum atomic E-state index is 12.9. The number of ketones is 1. The Hall–Kier alpha value is -1.99. The lowest BCUT2D eigenvalue weighted by atomic mass is 10.0. The predicted molar refractivity (Wildman–Crippen MR) is 99.9 cm³/mol. The minimum absolute atomic E-state index is 0.114. The molecule has 1 atom stereocenters. The van der Waals surface area contributed by atoms with Crippen molar-refractivity contribution in [3.05, 3.63) is 64.7 Å². The third-order valence-corrected chi connectivity index (χ3v) is 5.05. The normalized spacial score (nSPS) is 12.5. The average molecular weight is 416 g/mol. The summed E-state index contributed by atoms with van der Waals surface area (Å²) in [6.45, 7) is 1.38. The molecule has 2 rings (SSSR count). The van der Waals surface area contributed by atoms with E-state index in [1.807, 2.05) is 30.3 Å². The number of rotatable bonds is 7. The number of alkyl halides is 3. The summed E-state index contributed by atoms with van der Waals surface area (Å²) in [6.07, 6.45) is -4.21. The number of halogens is 4. The Morgan fingerprint density at radius 1 is 1.15 bits per heavy atom. The minimum atomic E-state index is -4.56. The highest BCUT2D eigenvalue weighted by molar-refractivity contribution is 8.00. The van der Waals surface area contributed by atoms with Gasteiger partial charge in [0.25, 0.3) is 0 Å². The van der Waals surface area contributed by atoms with Crippen LogP contribution in [0, 0.1) is 0 Å². The van der Waals surface area contributed by atoms with Gasteiger partial charge in [0.1, 0.15) is 0 Å². The van der Waals surface area contributed by atoms with Gasteiger partial charge in [0, 0.05) is 4.90 Å². The number of carbonyl (C=O) groups excluding carboxylic acids is 2. The van der Waals surface area contributed by atoms with Gasteiger partial charge in [0.15, 0.2) is 5.78 Å². The van der Waals surface area contributed by atoms with Crippen molar-refractivity contribution in [2.24, 2.45) is 0 Å². The van der Waals surface area contributed by atoms with Gasteiger partial charge >= 0.3 is 6.18 Å². The molecule has 0 aliphatic heterocycles. The summed E-state index contributed by atoms with van der Waals surface area (Å²) in [5, 5.41) is 2.24. The van der Waals surface area contributed by atoms with Crippen molar-refractivity contribution >= 4 is 35.1 Å². The van der Waals surface area contributed by atoms with Crippen LogP contribution in [0.25, 0.3) is 0 Å². The highest BCUT2D eigenvalue weighted by Gasteiger charge is 2.33. The first-order valence-corrected chi connectivity index (χ1v) is 9.36. The summed E-state index contributed by atoms with van der Waals surface area (Å²) in [6, 6.07) is 12.0. The third kappa shape index (κ3) is 6.59. The highest BCUT2D eigenvalue weighted by Crippen LogP contribution is 2.36. The van der Waals surface area contributed by atoms with Gasteiger partial charge in [-0.05, 0) is 37.1 Å². The van der Waals surface area contributed by atoms with Crippen LogP contribution in [-0.4, -0.2) is 23.5 Å². The van der Waals surface area contributed by atoms with Crippen molar-refractivity contribution < 1.29 is 22.8 Å². The van der Waals surface area contributed by atoms with Crippen molar-refractivity contribution in [3.63, 3.8) is 0 Å². The van der Waals surface area contributed by atoms with Crippen LogP contribution in [-0.2, 0) is 22.2 Å². The van der Waals surface area contributed by atoms with Crippen LogP contribution in [0.4, 0.5) is 13.2 Å². The molecule has 144 valence electrons. The SMILES string of the molecule is CC(=O)[C@H](Cc1ccccc1)NC(=O)CSc1ccc(Cl)c(C(F)(F)F)c1. The van der Waals surface area contributed by atoms with E-state index >= 15 is 0 Å². The predicted octanol–water partition coefficient (Wildman–Crippen LogP) is 4.77. The Kier molecular flexibility index (Phi) is 7.33. The molecule has 0 fully saturated rings. The van der Waals surface area contributed by atoms with E-state index in [2.05, 4.69) is 5.32 Å². The summed E-state index contributed by atoms with van der Waals surface area (Å²) >= 11 is 6.52. The molecule has 1 amide bonds.